The number of carbonyl (C=O) groups excluding carboxylic acids is 2. The molecule has 1 fully saturated rings. The second-order valence-corrected chi connectivity index (χ2v) is 15.2. The van der Waals surface area contributed by atoms with Gasteiger partial charge >= 0.3 is 0 Å². The average molecular weight is 642 g/mol. The highest BCUT2D eigenvalue weighted by Gasteiger charge is 2.33. The summed E-state index contributed by atoms with van der Waals surface area (Å²) in [6.45, 7) is 16.4. The molecule has 1 aromatic carbocycles. The lowest BCUT2D eigenvalue weighted by atomic mass is 9.88. The summed E-state index contributed by atoms with van der Waals surface area (Å²) in [6, 6.07) is 12.0. The van der Waals surface area contributed by atoms with Gasteiger partial charge in [-0.2, -0.15) is 5.26 Å². The van der Waals surface area contributed by atoms with Crippen LogP contribution in [-0.4, -0.2) is 49.9 Å². The molecule has 0 unspecified atom stereocenters. The number of oxazole rings is 1. The highest BCUT2D eigenvalue weighted by molar-refractivity contribution is 7.17. The number of hydrogen-bond acceptors (Lipinski definition) is 8. The number of carbonyl (C=O) groups is 2. The molecule has 10 nitrogen and oxygen atoms in total. The standard InChI is InChI=1S/C35H43N7O3S/c1-22(35(5,6)7)38-18-23-10-11-27-26(15-23)39-33(40-31(43)30-13-12-29(46-30)28-19-37-21-45-28)42(27)20-25-9-8-14-41(25)32(44)24(17-36)16-34(2,3)4/h10-13,15-16,19,21-22,25,38H,8-9,14,18,20H2,1-7H3,(H,39,40,43)/b24-16+/t22-,25+/m0/s1. The Morgan fingerprint density at radius 1 is 1.20 bits per heavy atom. The van der Waals surface area contributed by atoms with E-state index in [1.54, 1.807) is 23.2 Å². The number of imidazole rings is 1. The Balaban J connectivity index is 1.45. The Morgan fingerprint density at radius 3 is 2.65 bits per heavy atom. The van der Waals surface area contributed by atoms with Crippen LogP contribution >= 0.6 is 11.3 Å². The Hall–Kier alpha value is -4.27. The first-order valence-corrected chi connectivity index (χ1v) is 16.5. The molecule has 0 radical (unpaired) electrons. The fourth-order valence-electron chi connectivity index (χ4n) is 5.47. The molecule has 2 amide bonds. The van der Waals surface area contributed by atoms with E-state index in [1.807, 2.05) is 37.5 Å². The van der Waals surface area contributed by atoms with Crippen LogP contribution in [0, 0.1) is 22.2 Å². The van der Waals surface area contributed by atoms with E-state index >= 15 is 0 Å². The van der Waals surface area contributed by atoms with Gasteiger partial charge in [-0.05, 0) is 60.4 Å². The van der Waals surface area contributed by atoms with Gasteiger partial charge < -0.3 is 19.2 Å². The van der Waals surface area contributed by atoms with E-state index in [4.69, 9.17) is 9.40 Å². The van der Waals surface area contributed by atoms with E-state index in [-0.39, 0.29) is 34.3 Å². The number of fused-ring (bicyclic) bond motifs is 1. The average Bonchev–Trinajstić information content (AvgIpc) is 3.80. The van der Waals surface area contributed by atoms with Gasteiger partial charge in [0.1, 0.15) is 11.6 Å². The van der Waals surface area contributed by atoms with E-state index < -0.39 is 0 Å². The fourth-order valence-corrected chi connectivity index (χ4v) is 6.32. The van der Waals surface area contributed by atoms with E-state index in [0.717, 1.165) is 34.3 Å². The molecule has 4 aromatic rings. The van der Waals surface area contributed by atoms with Gasteiger partial charge in [-0.1, -0.05) is 53.7 Å². The monoisotopic (exact) mass is 641 g/mol. The maximum Gasteiger partial charge on any atom is 0.268 e. The molecule has 46 heavy (non-hydrogen) atoms. The summed E-state index contributed by atoms with van der Waals surface area (Å²) >= 11 is 1.31. The minimum Gasteiger partial charge on any atom is -0.443 e. The van der Waals surface area contributed by atoms with Gasteiger partial charge in [-0.25, -0.2) is 9.97 Å². The minimum absolute atomic E-state index is 0.121. The molecule has 2 atom stereocenters. The van der Waals surface area contributed by atoms with E-state index in [9.17, 15) is 14.9 Å². The summed E-state index contributed by atoms with van der Waals surface area (Å²) in [5.41, 5.74) is 2.68. The third kappa shape index (κ3) is 7.57. The molecule has 2 N–H and O–H groups in total. The zero-order valence-corrected chi connectivity index (χ0v) is 28.5. The Bertz CT molecular complexity index is 1780. The summed E-state index contributed by atoms with van der Waals surface area (Å²) in [5, 5.41) is 16.5. The Labute approximate surface area is 274 Å². The van der Waals surface area contributed by atoms with Crippen LogP contribution in [0.15, 0.2) is 59.0 Å². The predicted molar refractivity (Wildman–Crippen MR) is 181 cm³/mol. The molecule has 5 rings (SSSR count). The third-order valence-electron chi connectivity index (χ3n) is 8.41. The molecule has 242 valence electrons. The second kappa shape index (κ2) is 13.2. The van der Waals surface area contributed by atoms with Gasteiger partial charge in [0, 0.05) is 25.7 Å². The van der Waals surface area contributed by atoms with Crippen LogP contribution in [0.2, 0.25) is 0 Å². The molecule has 4 heterocycles. The smallest absolute Gasteiger partial charge is 0.268 e. The van der Waals surface area contributed by atoms with Crippen molar-refractivity contribution in [2.24, 2.45) is 10.8 Å². The number of anilines is 1. The van der Waals surface area contributed by atoms with E-state index in [2.05, 4.69) is 61.5 Å². The van der Waals surface area contributed by atoms with Crippen LogP contribution in [0.25, 0.3) is 21.7 Å². The van der Waals surface area contributed by atoms with Crippen molar-refractivity contribution in [3.63, 3.8) is 0 Å². The van der Waals surface area contributed by atoms with E-state index in [1.165, 1.54) is 17.7 Å². The normalized spacial score (nSPS) is 16.5. The molecule has 0 saturated carbocycles. The molecule has 11 heteroatoms. The van der Waals surface area contributed by atoms with Crippen molar-refractivity contribution in [1.82, 2.24) is 24.8 Å². The van der Waals surface area contributed by atoms with Gasteiger partial charge in [-0.15, -0.1) is 11.3 Å². The van der Waals surface area contributed by atoms with Crippen LogP contribution in [-0.2, 0) is 17.9 Å². The zero-order valence-electron chi connectivity index (χ0n) is 27.7. The van der Waals surface area contributed by atoms with Gasteiger partial charge in [-0.3, -0.25) is 14.9 Å². The van der Waals surface area contributed by atoms with Crippen molar-refractivity contribution in [3.8, 4) is 16.7 Å². The molecule has 3 aromatic heterocycles. The number of aromatic nitrogens is 3. The van der Waals surface area contributed by atoms with Crippen molar-refractivity contribution in [2.75, 3.05) is 11.9 Å². The fraction of sp³-hybridized carbons (Fsp3) is 0.457. The maximum absolute atomic E-state index is 13.6. The summed E-state index contributed by atoms with van der Waals surface area (Å²) in [6.07, 6.45) is 6.34. The second-order valence-electron chi connectivity index (χ2n) is 14.2. The number of allylic oxidation sites excluding steroid dienone is 1. The number of likely N-dealkylation sites (tertiary alicyclic amines) is 1. The largest absolute Gasteiger partial charge is 0.443 e. The van der Waals surface area contributed by atoms with Crippen LogP contribution in [0.1, 0.15) is 76.5 Å². The lowest BCUT2D eigenvalue weighted by Crippen LogP contribution is -2.39. The zero-order chi connectivity index (χ0) is 33.2. The van der Waals surface area contributed by atoms with Crippen LogP contribution < -0.4 is 10.6 Å². The van der Waals surface area contributed by atoms with Gasteiger partial charge in [0.25, 0.3) is 11.8 Å². The first kappa shape index (κ1) is 33.1. The molecule has 1 aliphatic heterocycles. The van der Waals surface area contributed by atoms with Gasteiger partial charge in [0.15, 0.2) is 12.2 Å². The molecular weight excluding hydrogens is 598 g/mol. The number of nitrogens with zero attached hydrogens (tertiary/aromatic N) is 5. The third-order valence-corrected chi connectivity index (χ3v) is 9.51. The molecular formula is C35H43N7O3S. The molecule has 0 spiro atoms. The van der Waals surface area contributed by atoms with Crippen LogP contribution in [0.5, 0.6) is 0 Å². The van der Waals surface area contributed by atoms with Crippen LogP contribution in [0.3, 0.4) is 0 Å². The minimum atomic E-state index is -0.305. The lowest BCUT2D eigenvalue weighted by Gasteiger charge is -2.28. The summed E-state index contributed by atoms with van der Waals surface area (Å²) < 4.78 is 7.39. The SMILES string of the molecule is C[C@H](NCc1ccc2c(c1)nc(NC(=O)c1ccc(-c3cnco3)s1)n2C[C@H]1CCCN1C(=O)/C(C#N)=C/C(C)(C)C)C(C)(C)C. The van der Waals surface area contributed by atoms with Gasteiger partial charge in [0.2, 0.25) is 5.95 Å². The number of nitriles is 1. The topological polar surface area (TPSA) is 129 Å². The highest BCUT2D eigenvalue weighted by atomic mass is 32.1. The van der Waals surface area contributed by atoms with Crippen LogP contribution in [0.4, 0.5) is 5.95 Å². The van der Waals surface area contributed by atoms with Gasteiger partial charge in [0.05, 0.1) is 33.0 Å². The number of nitrogens with one attached hydrogen (secondary N) is 2. The Morgan fingerprint density at radius 2 is 1.98 bits per heavy atom. The summed E-state index contributed by atoms with van der Waals surface area (Å²) in [7, 11) is 0. The molecule has 0 aliphatic carbocycles. The van der Waals surface area contributed by atoms with Crippen molar-refractivity contribution in [1.29, 1.82) is 5.26 Å². The Kier molecular flexibility index (Phi) is 9.52. The summed E-state index contributed by atoms with van der Waals surface area (Å²) in [4.78, 5) is 39.1. The highest BCUT2D eigenvalue weighted by Crippen LogP contribution is 2.31. The quantitative estimate of drug-likeness (QED) is 0.148. The molecule has 0 bridgehead atoms. The number of amides is 2. The number of hydrogen-bond donors (Lipinski definition) is 2. The first-order chi connectivity index (χ1) is 21.7. The number of thiophene rings is 1. The van der Waals surface area contributed by atoms with E-state index in [0.29, 0.717) is 42.3 Å². The van der Waals surface area contributed by atoms with Crippen molar-refractivity contribution >= 4 is 40.1 Å². The maximum atomic E-state index is 13.6. The van der Waals surface area contributed by atoms with Crippen molar-refractivity contribution in [2.45, 2.75) is 86.5 Å². The molecule has 1 saturated heterocycles. The van der Waals surface area contributed by atoms with Crippen molar-refractivity contribution < 1.29 is 14.0 Å². The summed E-state index contributed by atoms with van der Waals surface area (Å²) in [5.74, 6) is 0.469. The first-order valence-electron chi connectivity index (χ1n) is 15.7. The number of rotatable bonds is 9. The molecule has 1 aliphatic rings. The number of benzene rings is 1. The predicted octanol–water partition coefficient (Wildman–Crippen LogP) is 7.02. The lowest BCUT2D eigenvalue weighted by molar-refractivity contribution is -0.127. The van der Waals surface area contributed by atoms with Crippen molar-refractivity contribution in [3.05, 3.63) is 65.0 Å².